The number of carbonyl (C=O) groups is 2. The van der Waals surface area contributed by atoms with Gasteiger partial charge in [0.1, 0.15) is 10.7 Å². The maximum absolute atomic E-state index is 13.3. The number of carbonyl (C=O) groups excluding carboxylic acids is 1. The molecule has 0 radical (unpaired) electrons. The van der Waals surface area contributed by atoms with E-state index in [2.05, 4.69) is 4.99 Å². The summed E-state index contributed by atoms with van der Waals surface area (Å²) >= 11 is 12.3. The second-order valence-electron chi connectivity index (χ2n) is 8.73. The first-order valence-electron chi connectivity index (χ1n) is 11.4. The number of amides is 2. The third-order valence-corrected chi connectivity index (χ3v) is 9.02. The summed E-state index contributed by atoms with van der Waals surface area (Å²) in [6.45, 7) is 1.11. The summed E-state index contributed by atoms with van der Waals surface area (Å²) in [4.78, 5) is 31.1. The van der Waals surface area contributed by atoms with Crippen LogP contribution in [-0.4, -0.2) is 78.2 Å². The second kappa shape index (κ2) is 10.8. The molecule has 0 unspecified atom stereocenters. The van der Waals surface area contributed by atoms with Gasteiger partial charge in [0, 0.05) is 38.2 Å². The lowest BCUT2D eigenvalue weighted by atomic mass is 10.1. The lowest BCUT2D eigenvalue weighted by molar-refractivity contribution is -0.130. The Balaban J connectivity index is 1.39. The number of halogens is 2. The van der Waals surface area contributed by atoms with E-state index >= 15 is 0 Å². The number of rotatable bonds is 9. The molecule has 0 saturated heterocycles. The Kier molecular flexibility index (Phi) is 7.89. The highest BCUT2D eigenvalue weighted by molar-refractivity contribution is 7.89. The number of benzene rings is 2. The van der Waals surface area contributed by atoms with E-state index in [1.165, 1.54) is 26.2 Å². The van der Waals surface area contributed by atoms with Gasteiger partial charge in [-0.1, -0.05) is 53.5 Å². The predicted octanol–water partition coefficient (Wildman–Crippen LogP) is 3.94. The zero-order valence-electron chi connectivity index (χ0n) is 19.6. The molecular weight excluding hydrogens is 527 g/mol. The van der Waals surface area contributed by atoms with Crippen LogP contribution >= 0.6 is 23.2 Å². The van der Waals surface area contributed by atoms with E-state index in [1.54, 1.807) is 25.2 Å². The molecule has 1 saturated carbocycles. The van der Waals surface area contributed by atoms with Crippen molar-refractivity contribution in [2.75, 3.05) is 26.7 Å². The zero-order valence-corrected chi connectivity index (χ0v) is 21.9. The summed E-state index contributed by atoms with van der Waals surface area (Å²) in [6.07, 6.45) is 0.418. The second-order valence-corrected chi connectivity index (χ2v) is 11.4. The molecule has 0 aromatic heterocycles. The van der Waals surface area contributed by atoms with E-state index in [0.717, 1.165) is 18.4 Å². The third kappa shape index (κ3) is 5.67. The molecule has 1 aliphatic heterocycles. The minimum absolute atomic E-state index is 0.0107. The first-order chi connectivity index (χ1) is 17.1. The highest BCUT2D eigenvalue weighted by Gasteiger charge is 2.40. The van der Waals surface area contributed by atoms with Gasteiger partial charge in [-0.25, -0.2) is 13.2 Å². The molecule has 1 N–H and O–H groups in total. The van der Waals surface area contributed by atoms with E-state index < -0.39 is 16.1 Å². The van der Waals surface area contributed by atoms with Gasteiger partial charge in [0.05, 0.1) is 23.1 Å². The predicted molar refractivity (Wildman–Crippen MR) is 137 cm³/mol. The molecule has 1 heterocycles. The van der Waals surface area contributed by atoms with Crippen LogP contribution in [0.5, 0.6) is 0 Å². The molecule has 2 aromatic rings. The van der Waals surface area contributed by atoms with Crippen LogP contribution in [0.3, 0.4) is 0 Å². The molecule has 4 rings (SSSR count). The Hall–Kier alpha value is -2.66. The molecule has 0 atom stereocenters. The fourth-order valence-electron chi connectivity index (χ4n) is 4.11. The maximum atomic E-state index is 13.3. The average Bonchev–Trinajstić information content (AvgIpc) is 3.52. The first-order valence-corrected chi connectivity index (χ1v) is 13.6. The molecular formula is C24H26Cl2N4O5S. The molecule has 2 aromatic carbocycles. The summed E-state index contributed by atoms with van der Waals surface area (Å²) in [5.41, 5.74) is 1.54. The van der Waals surface area contributed by atoms with Crippen molar-refractivity contribution in [1.82, 2.24) is 14.1 Å². The molecule has 2 aliphatic rings. The van der Waals surface area contributed by atoms with E-state index in [4.69, 9.17) is 23.2 Å². The summed E-state index contributed by atoms with van der Waals surface area (Å²) in [6, 6.07) is 11.6. The maximum Gasteiger partial charge on any atom is 0.413 e. The Labute approximate surface area is 220 Å². The molecule has 1 fully saturated rings. The van der Waals surface area contributed by atoms with E-state index in [1.807, 2.05) is 12.1 Å². The molecule has 0 spiro atoms. The fourth-order valence-corrected chi connectivity index (χ4v) is 6.89. The Morgan fingerprint density at radius 1 is 1.11 bits per heavy atom. The van der Waals surface area contributed by atoms with Gasteiger partial charge in [-0.2, -0.15) is 4.31 Å². The van der Waals surface area contributed by atoms with Crippen LogP contribution in [0.15, 0.2) is 52.4 Å². The first kappa shape index (κ1) is 26.4. The largest absolute Gasteiger partial charge is 0.465 e. The van der Waals surface area contributed by atoms with Crippen molar-refractivity contribution in [3.05, 3.63) is 63.6 Å². The lowest BCUT2D eigenvalue weighted by Crippen LogP contribution is -2.37. The number of sulfonamides is 1. The van der Waals surface area contributed by atoms with Crippen LogP contribution in [0, 0.1) is 0 Å². The summed E-state index contributed by atoms with van der Waals surface area (Å²) < 4.78 is 28.0. The smallest absolute Gasteiger partial charge is 0.413 e. The lowest BCUT2D eigenvalue weighted by Gasteiger charge is -2.24. The highest BCUT2D eigenvalue weighted by Crippen LogP contribution is 2.37. The van der Waals surface area contributed by atoms with E-state index in [0.29, 0.717) is 31.0 Å². The van der Waals surface area contributed by atoms with Crippen molar-refractivity contribution in [3.63, 3.8) is 0 Å². The number of aliphatic imine (C=N–C) groups is 1. The Morgan fingerprint density at radius 2 is 1.75 bits per heavy atom. The van der Waals surface area contributed by atoms with Gasteiger partial charge in [0.2, 0.25) is 15.9 Å². The molecule has 12 heteroatoms. The zero-order chi connectivity index (χ0) is 26.0. The van der Waals surface area contributed by atoms with Gasteiger partial charge < -0.3 is 10.0 Å². The van der Waals surface area contributed by atoms with Crippen LogP contribution < -0.4 is 0 Å². The average molecular weight is 553 g/mol. The molecule has 36 heavy (non-hydrogen) atoms. The summed E-state index contributed by atoms with van der Waals surface area (Å²) in [5, 5.41) is 9.40. The Morgan fingerprint density at radius 3 is 2.33 bits per heavy atom. The summed E-state index contributed by atoms with van der Waals surface area (Å²) in [7, 11) is -2.30. The van der Waals surface area contributed by atoms with Gasteiger partial charge >= 0.3 is 6.09 Å². The third-order valence-electron chi connectivity index (χ3n) is 6.12. The SMILES string of the molecule is CN(Cc1ccc(C2=NCCN2C(=O)O)cc1)C(=O)CCN(C1CC1)S(=O)(=O)c1c(Cl)cccc1Cl. The van der Waals surface area contributed by atoms with Gasteiger partial charge in [0.15, 0.2) is 0 Å². The van der Waals surface area contributed by atoms with Crippen LogP contribution in [0.25, 0.3) is 0 Å². The number of hydrogen-bond donors (Lipinski definition) is 1. The minimum Gasteiger partial charge on any atom is -0.465 e. The van der Waals surface area contributed by atoms with E-state index in [9.17, 15) is 23.1 Å². The molecule has 2 amide bonds. The number of amidine groups is 1. The van der Waals surface area contributed by atoms with Crippen LogP contribution in [0.2, 0.25) is 10.0 Å². The van der Waals surface area contributed by atoms with Crippen molar-refractivity contribution >= 4 is 51.1 Å². The Bertz CT molecular complexity index is 1280. The molecule has 0 bridgehead atoms. The quantitative estimate of drug-likeness (QED) is 0.506. The number of nitrogens with zero attached hydrogens (tertiary/aromatic N) is 4. The standard InChI is InChI=1S/C24H26Cl2N4O5S/c1-28(15-16-5-7-17(8-6-16)23-27-12-14-29(23)24(32)33)21(31)11-13-30(18-9-10-18)36(34,35)22-19(25)3-2-4-20(22)26/h2-8,18H,9-15H2,1H3,(H,32,33). The number of hydrogen-bond acceptors (Lipinski definition) is 5. The number of carboxylic acid groups (broad SMARTS) is 1. The molecule has 1 aliphatic carbocycles. The highest BCUT2D eigenvalue weighted by atomic mass is 35.5. The van der Waals surface area contributed by atoms with Crippen molar-refractivity contribution in [3.8, 4) is 0 Å². The van der Waals surface area contributed by atoms with Crippen LogP contribution in [0.1, 0.15) is 30.4 Å². The van der Waals surface area contributed by atoms with Gasteiger partial charge in [-0.15, -0.1) is 0 Å². The van der Waals surface area contributed by atoms with Crippen molar-refractivity contribution < 1.29 is 23.1 Å². The van der Waals surface area contributed by atoms with Gasteiger partial charge in [-0.05, 0) is 30.5 Å². The monoisotopic (exact) mass is 552 g/mol. The minimum atomic E-state index is -3.96. The van der Waals surface area contributed by atoms with Crippen molar-refractivity contribution in [2.45, 2.75) is 36.7 Å². The van der Waals surface area contributed by atoms with Crippen molar-refractivity contribution in [2.24, 2.45) is 4.99 Å². The van der Waals surface area contributed by atoms with Crippen LogP contribution in [0.4, 0.5) is 4.79 Å². The summed E-state index contributed by atoms with van der Waals surface area (Å²) in [5.74, 6) is 0.209. The fraction of sp³-hybridized carbons (Fsp3) is 0.375. The van der Waals surface area contributed by atoms with Crippen molar-refractivity contribution in [1.29, 1.82) is 0 Å². The topological polar surface area (TPSA) is 111 Å². The van der Waals surface area contributed by atoms with Crippen LogP contribution in [-0.2, 0) is 21.4 Å². The molecule has 192 valence electrons. The normalized spacial score (nSPS) is 15.8. The van der Waals surface area contributed by atoms with E-state index in [-0.39, 0.29) is 39.9 Å². The molecule has 9 nitrogen and oxygen atoms in total. The van der Waals surface area contributed by atoms with Gasteiger partial charge in [0.25, 0.3) is 0 Å². The van der Waals surface area contributed by atoms with Gasteiger partial charge in [-0.3, -0.25) is 14.7 Å².